The van der Waals surface area contributed by atoms with Crippen molar-refractivity contribution in [3.8, 4) is 0 Å². The summed E-state index contributed by atoms with van der Waals surface area (Å²) in [6, 6.07) is 0. The third-order valence-electron chi connectivity index (χ3n) is 3.27. The molecular weight excluding hydrogens is 210 g/mol. The summed E-state index contributed by atoms with van der Waals surface area (Å²) in [5, 5.41) is 0. The van der Waals surface area contributed by atoms with Gasteiger partial charge >= 0.3 is 0 Å². The Bertz CT molecular complexity index is 189. The molecule has 0 amide bonds. The van der Waals surface area contributed by atoms with E-state index >= 15 is 0 Å². The molecule has 17 heavy (non-hydrogen) atoms. The average molecular weight is 243 g/mol. The van der Waals surface area contributed by atoms with Gasteiger partial charge in [0.1, 0.15) is 0 Å². The Kier molecular flexibility index (Phi) is 7.34. The standard InChI is InChI=1S/C11H21NO.2C2H6/c1-10(2)6-12(7-10)8-11(4-5-11)9-13-3;2*1-2/h4-9H2,1-3H3;2*1-2H3. The maximum absolute atomic E-state index is 5.26. The first-order chi connectivity index (χ1) is 8.05. The minimum atomic E-state index is 0.547. The van der Waals surface area contributed by atoms with Crippen LogP contribution in [0.25, 0.3) is 0 Å². The van der Waals surface area contributed by atoms with Crippen LogP contribution in [0.4, 0.5) is 0 Å². The maximum Gasteiger partial charge on any atom is 0.0530 e. The van der Waals surface area contributed by atoms with Crippen LogP contribution in [-0.2, 0) is 4.74 Å². The lowest BCUT2D eigenvalue weighted by molar-refractivity contribution is 0.000216. The van der Waals surface area contributed by atoms with Crippen molar-refractivity contribution in [1.29, 1.82) is 0 Å². The van der Waals surface area contributed by atoms with Crippen molar-refractivity contribution in [1.82, 2.24) is 4.90 Å². The Labute approximate surface area is 109 Å². The van der Waals surface area contributed by atoms with Gasteiger partial charge in [-0.3, -0.25) is 0 Å². The molecule has 1 aliphatic heterocycles. The second-order valence-corrected chi connectivity index (χ2v) is 5.74. The Hall–Kier alpha value is -0.0800. The molecule has 1 heterocycles. The average Bonchev–Trinajstić information content (AvgIpc) is 3.02. The summed E-state index contributed by atoms with van der Waals surface area (Å²) >= 11 is 0. The van der Waals surface area contributed by atoms with E-state index in [2.05, 4.69) is 18.7 Å². The predicted octanol–water partition coefficient (Wildman–Crippen LogP) is 3.81. The van der Waals surface area contributed by atoms with E-state index in [-0.39, 0.29) is 0 Å². The SMILES string of the molecule is CC.CC.COCC1(CN2CC(C)(C)C2)CC1. The molecule has 0 aromatic rings. The van der Waals surface area contributed by atoms with E-state index in [0.717, 1.165) is 6.61 Å². The second kappa shape index (κ2) is 7.38. The first-order valence-corrected chi connectivity index (χ1v) is 7.27. The first-order valence-electron chi connectivity index (χ1n) is 7.27. The molecule has 0 bridgehead atoms. The monoisotopic (exact) mass is 243 g/mol. The number of rotatable bonds is 4. The molecule has 1 saturated heterocycles. The molecule has 0 atom stereocenters. The molecule has 0 radical (unpaired) electrons. The highest BCUT2D eigenvalue weighted by molar-refractivity contribution is 4.99. The van der Waals surface area contributed by atoms with Crippen LogP contribution in [0.3, 0.4) is 0 Å². The summed E-state index contributed by atoms with van der Waals surface area (Å²) in [7, 11) is 1.82. The Balaban J connectivity index is 0.000000581. The number of nitrogens with zero attached hydrogens (tertiary/aromatic N) is 1. The summed E-state index contributed by atoms with van der Waals surface area (Å²) in [4.78, 5) is 2.58. The van der Waals surface area contributed by atoms with Crippen LogP contribution in [0.5, 0.6) is 0 Å². The molecule has 2 nitrogen and oxygen atoms in total. The topological polar surface area (TPSA) is 12.5 Å². The molecule has 2 rings (SSSR count). The summed E-state index contributed by atoms with van der Waals surface area (Å²) in [5.41, 5.74) is 1.12. The third kappa shape index (κ3) is 5.39. The van der Waals surface area contributed by atoms with Crippen molar-refractivity contribution in [3.63, 3.8) is 0 Å². The van der Waals surface area contributed by atoms with Gasteiger partial charge in [0.15, 0.2) is 0 Å². The van der Waals surface area contributed by atoms with Crippen molar-refractivity contribution >= 4 is 0 Å². The van der Waals surface area contributed by atoms with Crippen LogP contribution in [-0.4, -0.2) is 38.3 Å². The van der Waals surface area contributed by atoms with Crippen molar-refractivity contribution < 1.29 is 4.74 Å². The highest BCUT2D eigenvalue weighted by Gasteiger charge is 2.47. The Morgan fingerprint density at radius 2 is 1.47 bits per heavy atom. The summed E-state index contributed by atoms with van der Waals surface area (Å²) in [6.45, 7) is 17.5. The van der Waals surface area contributed by atoms with Crippen molar-refractivity contribution in [2.75, 3.05) is 33.4 Å². The minimum absolute atomic E-state index is 0.547. The number of ether oxygens (including phenoxy) is 1. The number of hydrogen-bond donors (Lipinski definition) is 0. The molecule has 0 N–H and O–H groups in total. The van der Waals surface area contributed by atoms with Crippen LogP contribution in [0.1, 0.15) is 54.4 Å². The highest BCUT2D eigenvalue weighted by atomic mass is 16.5. The molecule has 0 spiro atoms. The fraction of sp³-hybridized carbons (Fsp3) is 1.00. The van der Waals surface area contributed by atoms with Crippen LogP contribution in [0.2, 0.25) is 0 Å². The van der Waals surface area contributed by atoms with Gasteiger partial charge in [-0.2, -0.15) is 0 Å². The number of likely N-dealkylation sites (tertiary alicyclic amines) is 1. The second-order valence-electron chi connectivity index (χ2n) is 5.74. The largest absolute Gasteiger partial charge is 0.384 e. The Morgan fingerprint density at radius 1 is 1.00 bits per heavy atom. The van der Waals surface area contributed by atoms with Crippen LogP contribution in [0, 0.1) is 10.8 Å². The van der Waals surface area contributed by atoms with Crippen molar-refractivity contribution in [2.45, 2.75) is 54.4 Å². The van der Waals surface area contributed by atoms with Crippen LogP contribution < -0.4 is 0 Å². The molecular formula is C15H33NO. The molecule has 104 valence electrons. The first kappa shape index (κ1) is 16.9. The van der Waals surface area contributed by atoms with Crippen LogP contribution >= 0.6 is 0 Å². The number of methoxy groups -OCH3 is 1. The maximum atomic E-state index is 5.26. The predicted molar refractivity (Wildman–Crippen MR) is 76.5 cm³/mol. The number of hydrogen-bond acceptors (Lipinski definition) is 2. The van der Waals surface area contributed by atoms with Gasteiger partial charge < -0.3 is 9.64 Å². The smallest absolute Gasteiger partial charge is 0.0530 e. The van der Waals surface area contributed by atoms with Gasteiger partial charge in [-0.25, -0.2) is 0 Å². The van der Waals surface area contributed by atoms with Gasteiger partial charge in [-0.1, -0.05) is 41.5 Å². The quantitative estimate of drug-likeness (QED) is 0.744. The molecule has 2 heteroatoms. The van der Waals surface area contributed by atoms with E-state index < -0.39 is 0 Å². The van der Waals surface area contributed by atoms with Gasteiger partial charge in [0.05, 0.1) is 6.61 Å². The van der Waals surface area contributed by atoms with E-state index in [1.165, 1.54) is 32.5 Å². The zero-order valence-corrected chi connectivity index (χ0v) is 13.1. The fourth-order valence-electron chi connectivity index (χ4n) is 2.58. The van der Waals surface area contributed by atoms with E-state index in [0.29, 0.717) is 10.8 Å². The van der Waals surface area contributed by atoms with Crippen molar-refractivity contribution in [3.05, 3.63) is 0 Å². The molecule has 2 aliphatic rings. The summed E-state index contributed by atoms with van der Waals surface area (Å²) < 4.78 is 5.26. The third-order valence-corrected chi connectivity index (χ3v) is 3.27. The van der Waals surface area contributed by atoms with Gasteiger partial charge in [0, 0.05) is 32.2 Å². The van der Waals surface area contributed by atoms with Gasteiger partial charge in [-0.05, 0) is 18.3 Å². The fourth-order valence-corrected chi connectivity index (χ4v) is 2.58. The lowest BCUT2D eigenvalue weighted by Gasteiger charge is -2.47. The van der Waals surface area contributed by atoms with E-state index in [1.54, 1.807) is 0 Å². The normalized spacial score (nSPS) is 23.5. The molecule has 1 aliphatic carbocycles. The van der Waals surface area contributed by atoms with Gasteiger partial charge in [0.2, 0.25) is 0 Å². The Morgan fingerprint density at radius 3 is 1.76 bits per heavy atom. The molecule has 0 aromatic carbocycles. The van der Waals surface area contributed by atoms with Gasteiger partial charge in [-0.15, -0.1) is 0 Å². The summed E-state index contributed by atoms with van der Waals surface area (Å²) in [6.07, 6.45) is 2.75. The summed E-state index contributed by atoms with van der Waals surface area (Å²) in [5.74, 6) is 0. The van der Waals surface area contributed by atoms with E-state index in [1.807, 2.05) is 34.8 Å². The lowest BCUT2D eigenvalue weighted by atomic mass is 9.83. The molecule has 1 saturated carbocycles. The molecule has 2 fully saturated rings. The zero-order chi connectivity index (χ0) is 13.5. The van der Waals surface area contributed by atoms with E-state index in [9.17, 15) is 0 Å². The van der Waals surface area contributed by atoms with E-state index in [4.69, 9.17) is 4.74 Å². The zero-order valence-electron chi connectivity index (χ0n) is 13.1. The molecule has 0 unspecified atom stereocenters. The lowest BCUT2D eigenvalue weighted by Crippen LogP contribution is -2.54. The van der Waals surface area contributed by atoms with Crippen LogP contribution in [0.15, 0.2) is 0 Å². The van der Waals surface area contributed by atoms with Gasteiger partial charge in [0.25, 0.3) is 0 Å². The van der Waals surface area contributed by atoms with Crippen molar-refractivity contribution in [2.24, 2.45) is 10.8 Å². The minimum Gasteiger partial charge on any atom is -0.384 e. The highest BCUT2D eigenvalue weighted by Crippen LogP contribution is 2.48. The molecule has 0 aromatic heterocycles.